The van der Waals surface area contributed by atoms with E-state index in [4.69, 9.17) is 16.3 Å². The lowest BCUT2D eigenvalue weighted by atomic mass is 9.96. The van der Waals surface area contributed by atoms with Gasteiger partial charge in [-0.25, -0.2) is 14.6 Å². The van der Waals surface area contributed by atoms with Crippen LogP contribution in [-0.2, 0) is 16.9 Å². The standard InChI is InChI=1S/C24H32FN5O2.C6H5F/c1-14(26)23(29(4)27)16-9-20-22(28-12-16)21-18(25)10-17(24(2,3)31)11-19(21)30(20)13-15-5-7-32-8-6-15;7-6-4-2-1-3-5-6/h9-12,15,31H,5-8,13,26-27H2,1-4H3;1-5H/b23-14-;. The van der Waals surface area contributed by atoms with Gasteiger partial charge in [0.15, 0.2) is 0 Å². The van der Waals surface area contributed by atoms with E-state index >= 15 is 4.39 Å². The van der Waals surface area contributed by atoms with E-state index in [2.05, 4.69) is 9.55 Å². The molecule has 5 N–H and O–H groups in total. The van der Waals surface area contributed by atoms with Crippen molar-refractivity contribution in [1.29, 1.82) is 0 Å². The van der Waals surface area contributed by atoms with Gasteiger partial charge in [-0.15, -0.1) is 0 Å². The average molecular weight is 538 g/mol. The molecule has 9 heteroatoms. The van der Waals surface area contributed by atoms with Crippen molar-refractivity contribution in [3.05, 3.63) is 83.2 Å². The van der Waals surface area contributed by atoms with Crippen LogP contribution in [0.5, 0.6) is 0 Å². The Labute approximate surface area is 227 Å². The van der Waals surface area contributed by atoms with Crippen molar-refractivity contribution < 1.29 is 18.6 Å². The molecule has 208 valence electrons. The van der Waals surface area contributed by atoms with Crippen molar-refractivity contribution >= 4 is 27.6 Å². The number of hydrogen-bond acceptors (Lipinski definition) is 6. The molecule has 1 fully saturated rings. The van der Waals surface area contributed by atoms with Gasteiger partial charge in [-0.1, -0.05) is 18.2 Å². The molecule has 2 aromatic heterocycles. The third-order valence-electron chi connectivity index (χ3n) is 6.98. The van der Waals surface area contributed by atoms with Crippen LogP contribution in [0, 0.1) is 17.6 Å². The number of nitrogens with two attached hydrogens (primary N) is 2. The molecular formula is C30H37F2N5O2. The Morgan fingerprint density at radius 2 is 1.79 bits per heavy atom. The van der Waals surface area contributed by atoms with Crippen LogP contribution in [0.4, 0.5) is 8.78 Å². The van der Waals surface area contributed by atoms with Gasteiger partial charge >= 0.3 is 0 Å². The van der Waals surface area contributed by atoms with E-state index < -0.39 is 11.4 Å². The van der Waals surface area contributed by atoms with Crippen LogP contribution < -0.4 is 11.6 Å². The van der Waals surface area contributed by atoms with E-state index in [9.17, 15) is 9.50 Å². The van der Waals surface area contributed by atoms with Crippen LogP contribution in [0.2, 0.25) is 0 Å². The van der Waals surface area contributed by atoms with Crippen LogP contribution >= 0.6 is 0 Å². The highest BCUT2D eigenvalue weighted by molar-refractivity contribution is 6.07. The first kappa shape index (κ1) is 28.5. The Kier molecular flexibility index (Phi) is 8.54. The maximum atomic E-state index is 15.4. The number of halogens is 2. The van der Waals surface area contributed by atoms with Crippen LogP contribution in [0.15, 0.2) is 60.4 Å². The summed E-state index contributed by atoms with van der Waals surface area (Å²) in [6.07, 6.45) is 3.57. The molecule has 4 aromatic rings. The third-order valence-corrected chi connectivity index (χ3v) is 6.98. The van der Waals surface area contributed by atoms with E-state index in [1.54, 1.807) is 52.2 Å². The molecule has 0 saturated carbocycles. The number of nitrogens with zero attached hydrogens (tertiary/aromatic N) is 3. The number of allylic oxidation sites excluding steroid dienone is 1. The van der Waals surface area contributed by atoms with Gasteiger partial charge in [0.1, 0.15) is 11.6 Å². The zero-order valence-electron chi connectivity index (χ0n) is 22.9. The van der Waals surface area contributed by atoms with Crippen molar-refractivity contribution in [3.63, 3.8) is 0 Å². The zero-order chi connectivity index (χ0) is 28.3. The summed E-state index contributed by atoms with van der Waals surface area (Å²) in [4.78, 5) is 4.64. The number of ether oxygens (including phenoxy) is 1. The quantitative estimate of drug-likeness (QED) is 0.237. The SMILES string of the molecule is C/C(N)=C(\c1cnc2c3c(F)cc(C(C)(C)O)cc3n(CC3CCOCC3)c2c1)N(C)N.Fc1ccccc1. The lowest BCUT2D eigenvalue weighted by Gasteiger charge is -2.24. The van der Waals surface area contributed by atoms with Crippen LogP contribution in [0.1, 0.15) is 44.7 Å². The topological polar surface area (TPSA) is 103 Å². The fourth-order valence-corrected chi connectivity index (χ4v) is 5.01. The normalized spacial score (nSPS) is 15.2. The molecule has 0 spiro atoms. The summed E-state index contributed by atoms with van der Waals surface area (Å²) in [5.74, 6) is 5.86. The van der Waals surface area contributed by atoms with E-state index in [0.717, 1.165) is 42.7 Å². The minimum atomic E-state index is -1.16. The molecule has 7 nitrogen and oxygen atoms in total. The number of hydrogen-bond donors (Lipinski definition) is 3. The summed E-state index contributed by atoms with van der Waals surface area (Å²) in [6, 6.07) is 13.2. The van der Waals surface area contributed by atoms with Crippen molar-refractivity contribution in [2.45, 2.75) is 45.8 Å². The number of fused-ring (bicyclic) bond motifs is 3. The Morgan fingerprint density at radius 3 is 2.33 bits per heavy atom. The number of aliphatic hydroxyl groups is 1. The molecule has 1 saturated heterocycles. The van der Waals surface area contributed by atoms with E-state index in [-0.39, 0.29) is 5.82 Å². The zero-order valence-corrected chi connectivity index (χ0v) is 22.9. The summed E-state index contributed by atoms with van der Waals surface area (Å²) in [6.45, 7) is 7.27. The van der Waals surface area contributed by atoms with Gasteiger partial charge in [0, 0.05) is 44.3 Å². The average Bonchev–Trinajstić information content (AvgIpc) is 3.18. The highest BCUT2D eigenvalue weighted by atomic mass is 19.1. The second kappa shape index (κ2) is 11.7. The van der Waals surface area contributed by atoms with Crippen molar-refractivity contribution in [1.82, 2.24) is 14.6 Å². The Bertz CT molecular complexity index is 1470. The first-order valence-corrected chi connectivity index (χ1v) is 13.0. The molecule has 0 amide bonds. The van der Waals surface area contributed by atoms with Gasteiger partial charge in [-0.05, 0) is 75.4 Å². The summed E-state index contributed by atoms with van der Waals surface area (Å²) < 4.78 is 34.9. The van der Waals surface area contributed by atoms with Crippen LogP contribution in [0.3, 0.4) is 0 Å². The summed E-state index contributed by atoms with van der Waals surface area (Å²) >= 11 is 0. The lowest BCUT2D eigenvalue weighted by Crippen LogP contribution is -2.26. The van der Waals surface area contributed by atoms with Gasteiger partial charge in [-0.2, -0.15) is 0 Å². The fourth-order valence-electron chi connectivity index (χ4n) is 5.01. The second-order valence-corrected chi connectivity index (χ2v) is 10.6. The van der Waals surface area contributed by atoms with Gasteiger partial charge < -0.3 is 25.2 Å². The molecule has 0 unspecified atom stereocenters. The molecule has 1 aliphatic rings. The summed E-state index contributed by atoms with van der Waals surface area (Å²) in [5, 5.41) is 12.5. The Hall–Kier alpha value is -3.53. The Morgan fingerprint density at radius 1 is 1.13 bits per heavy atom. The third kappa shape index (κ3) is 6.38. The minimum absolute atomic E-state index is 0.178. The first-order valence-electron chi connectivity index (χ1n) is 13.0. The first-order chi connectivity index (χ1) is 18.5. The molecule has 3 heterocycles. The smallest absolute Gasteiger partial charge is 0.135 e. The molecule has 0 radical (unpaired) electrons. The Balaban J connectivity index is 0.000000438. The van der Waals surface area contributed by atoms with Crippen molar-refractivity contribution in [3.8, 4) is 0 Å². The summed E-state index contributed by atoms with van der Waals surface area (Å²) in [7, 11) is 1.72. The predicted octanol–water partition coefficient (Wildman–Crippen LogP) is 5.26. The van der Waals surface area contributed by atoms with Crippen molar-refractivity contribution in [2.24, 2.45) is 17.5 Å². The number of rotatable bonds is 5. The van der Waals surface area contributed by atoms with E-state index in [0.29, 0.717) is 40.3 Å². The maximum Gasteiger partial charge on any atom is 0.135 e. The fraction of sp³-hybridized carbons (Fsp3) is 0.367. The summed E-state index contributed by atoms with van der Waals surface area (Å²) in [5.41, 5.74) is 9.58. The number of hydrazine groups is 1. The molecule has 0 bridgehead atoms. The molecule has 39 heavy (non-hydrogen) atoms. The monoisotopic (exact) mass is 537 g/mol. The van der Waals surface area contributed by atoms with Gasteiger partial charge in [-0.3, -0.25) is 4.98 Å². The molecule has 0 aliphatic carbocycles. The van der Waals surface area contributed by atoms with E-state index in [1.807, 2.05) is 12.1 Å². The van der Waals surface area contributed by atoms with Gasteiger partial charge in [0.25, 0.3) is 0 Å². The minimum Gasteiger partial charge on any atom is -0.401 e. The van der Waals surface area contributed by atoms with Crippen molar-refractivity contribution in [2.75, 3.05) is 20.3 Å². The molecule has 5 rings (SSSR count). The van der Waals surface area contributed by atoms with Gasteiger partial charge in [0.05, 0.1) is 33.2 Å². The van der Waals surface area contributed by atoms with Crippen LogP contribution in [-0.4, -0.2) is 39.9 Å². The molecular weight excluding hydrogens is 500 g/mol. The maximum absolute atomic E-state index is 15.4. The highest BCUT2D eigenvalue weighted by Gasteiger charge is 2.25. The number of benzene rings is 2. The molecule has 2 aromatic carbocycles. The molecule has 0 atom stereocenters. The number of aromatic nitrogens is 2. The van der Waals surface area contributed by atoms with Gasteiger partial charge in [0.2, 0.25) is 0 Å². The lowest BCUT2D eigenvalue weighted by molar-refractivity contribution is 0.0619. The second-order valence-electron chi connectivity index (χ2n) is 10.6. The van der Waals surface area contributed by atoms with E-state index in [1.165, 1.54) is 23.2 Å². The van der Waals surface area contributed by atoms with Crippen LogP contribution in [0.25, 0.3) is 27.6 Å². The largest absolute Gasteiger partial charge is 0.401 e. The predicted molar refractivity (Wildman–Crippen MR) is 151 cm³/mol. The highest BCUT2D eigenvalue weighted by Crippen LogP contribution is 2.36. The molecule has 1 aliphatic heterocycles. The number of pyridine rings is 1.